The largest absolute Gasteiger partial charge is 0.450 e. The lowest BCUT2D eigenvalue weighted by molar-refractivity contribution is -0.0222. The van der Waals surface area contributed by atoms with Crippen LogP contribution >= 0.6 is 15.9 Å². The van der Waals surface area contributed by atoms with E-state index in [0.717, 1.165) is 4.47 Å². The topological polar surface area (TPSA) is 52.6 Å². The highest BCUT2D eigenvalue weighted by Gasteiger charge is 2.29. The molecule has 0 bridgehead atoms. The molecule has 0 heterocycles. The second-order valence-corrected chi connectivity index (χ2v) is 7.13. The van der Waals surface area contributed by atoms with E-state index in [9.17, 15) is 9.59 Å². The Hall–Kier alpha value is -3.18. The monoisotopic (exact) mass is 450 g/mol. The lowest BCUT2D eigenvalue weighted by Gasteiger charge is -2.25. The highest BCUT2D eigenvalue weighted by Crippen LogP contribution is 2.28. The van der Waals surface area contributed by atoms with E-state index in [1.165, 1.54) is 6.08 Å². The van der Waals surface area contributed by atoms with Gasteiger partial charge in [0.1, 0.15) is 0 Å². The maximum Gasteiger partial charge on any atom is 0.338 e. The normalized spacial score (nSPS) is 12.4. The molecule has 3 aromatic rings. The minimum Gasteiger partial charge on any atom is -0.450 e. The lowest BCUT2D eigenvalue weighted by Crippen LogP contribution is -2.27. The standard InChI is InChI=1S/C24H19BrO4/c1-2-21(28-23(26)18-9-5-3-6-10-18)22(17-13-15-20(25)16-14-17)29-24(27)19-11-7-4-8-12-19/h2-16,21-22H,1H2/t21-,22+/m1/s1. The summed E-state index contributed by atoms with van der Waals surface area (Å²) in [7, 11) is 0. The molecule has 3 rings (SSSR count). The second-order valence-electron chi connectivity index (χ2n) is 6.22. The number of carbonyl (C=O) groups is 2. The van der Waals surface area contributed by atoms with Gasteiger partial charge in [-0.3, -0.25) is 0 Å². The van der Waals surface area contributed by atoms with E-state index in [-0.39, 0.29) is 0 Å². The number of hydrogen-bond donors (Lipinski definition) is 0. The van der Waals surface area contributed by atoms with Gasteiger partial charge in [-0.15, -0.1) is 0 Å². The minimum atomic E-state index is -0.864. The van der Waals surface area contributed by atoms with Crippen LogP contribution in [0.25, 0.3) is 0 Å². The molecule has 5 heteroatoms. The van der Waals surface area contributed by atoms with E-state index in [0.29, 0.717) is 16.7 Å². The molecule has 29 heavy (non-hydrogen) atoms. The summed E-state index contributed by atoms with van der Waals surface area (Å²) < 4.78 is 12.3. The molecule has 0 saturated carbocycles. The van der Waals surface area contributed by atoms with Crippen molar-refractivity contribution in [1.29, 1.82) is 0 Å². The molecule has 4 nitrogen and oxygen atoms in total. The summed E-state index contributed by atoms with van der Waals surface area (Å²) in [6, 6.07) is 24.6. The van der Waals surface area contributed by atoms with Crippen molar-refractivity contribution in [2.75, 3.05) is 0 Å². The molecule has 0 N–H and O–H groups in total. The van der Waals surface area contributed by atoms with Gasteiger partial charge in [0, 0.05) is 4.47 Å². The van der Waals surface area contributed by atoms with Gasteiger partial charge in [-0.05, 0) is 48.0 Å². The molecule has 0 amide bonds. The third-order valence-electron chi connectivity index (χ3n) is 4.23. The molecule has 0 unspecified atom stereocenters. The Labute approximate surface area is 177 Å². The summed E-state index contributed by atoms with van der Waals surface area (Å²) in [5.74, 6) is -1.03. The Bertz CT molecular complexity index is 969. The SMILES string of the molecule is C=C[C@@H](OC(=O)c1ccccc1)[C@@H](OC(=O)c1ccccc1)c1ccc(Br)cc1. The van der Waals surface area contributed by atoms with Crippen LogP contribution in [0.5, 0.6) is 0 Å². The Kier molecular flexibility index (Phi) is 6.98. The third-order valence-corrected chi connectivity index (χ3v) is 4.75. The van der Waals surface area contributed by atoms with Crippen molar-refractivity contribution in [3.63, 3.8) is 0 Å². The van der Waals surface area contributed by atoms with E-state index in [1.807, 2.05) is 24.3 Å². The first kappa shape index (κ1) is 20.6. The number of rotatable bonds is 7. The molecule has 0 aliphatic carbocycles. The molecule has 3 aromatic carbocycles. The number of esters is 2. The Balaban J connectivity index is 1.88. The van der Waals surface area contributed by atoms with Crippen molar-refractivity contribution in [1.82, 2.24) is 0 Å². The Morgan fingerprint density at radius 2 is 1.24 bits per heavy atom. The predicted octanol–water partition coefficient (Wildman–Crippen LogP) is 5.76. The number of ether oxygens (including phenoxy) is 2. The predicted molar refractivity (Wildman–Crippen MR) is 115 cm³/mol. The van der Waals surface area contributed by atoms with Gasteiger partial charge in [0.05, 0.1) is 11.1 Å². The van der Waals surface area contributed by atoms with Gasteiger partial charge in [0.25, 0.3) is 0 Å². The average molecular weight is 451 g/mol. The van der Waals surface area contributed by atoms with Gasteiger partial charge in [0.2, 0.25) is 0 Å². The van der Waals surface area contributed by atoms with Crippen LogP contribution in [-0.4, -0.2) is 18.0 Å². The molecule has 0 aromatic heterocycles. The molecular formula is C24H19BrO4. The quantitative estimate of drug-likeness (QED) is 0.339. The van der Waals surface area contributed by atoms with Gasteiger partial charge in [-0.2, -0.15) is 0 Å². The van der Waals surface area contributed by atoms with Crippen LogP contribution in [0, 0.1) is 0 Å². The van der Waals surface area contributed by atoms with Crippen LogP contribution in [0.1, 0.15) is 32.4 Å². The van der Waals surface area contributed by atoms with Crippen LogP contribution in [-0.2, 0) is 9.47 Å². The minimum absolute atomic E-state index is 0.406. The zero-order chi connectivity index (χ0) is 20.6. The van der Waals surface area contributed by atoms with Crippen LogP contribution < -0.4 is 0 Å². The van der Waals surface area contributed by atoms with Crippen LogP contribution in [0.2, 0.25) is 0 Å². The highest BCUT2D eigenvalue weighted by atomic mass is 79.9. The molecule has 0 radical (unpaired) electrons. The Morgan fingerprint density at radius 3 is 1.72 bits per heavy atom. The summed E-state index contributed by atoms with van der Waals surface area (Å²) in [6.07, 6.45) is -0.247. The number of hydrogen-bond acceptors (Lipinski definition) is 4. The number of halogens is 1. The van der Waals surface area contributed by atoms with E-state index >= 15 is 0 Å². The maximum atomic E-state index is 12.7. The summed E-state index contributed by atoms with van der Waals surface area (Å²) in [5.41, 5.74) is 1.50. The summed E-state index contributed by atoms with van der Waals surface area (Å²) >= 11 is 3.39. The zero-order valence-corrected chi connectivity index (χ0v) is 17.1. The van der Waals surface area contributed by atoms with E-state index in [2.05, 4.69) is 22.5 Å². The van der Waals surface area contributed by atoms with Crippen molar-refractivity contribution < 1.29 is 19.1 Å². The summed E-state index contributed by atoms with van der Waals surface area (Å²) in [6.45, 7) is 3.77. The third kappa shape index (κ3) is 5.42. The van der Waals surface area contributed by atoms with Gasteiger partial charge < -0.3 is 9.47 Å². The summed E-state index contributed by atoms with van der Waals surface area (Å²) in [4.78, 5) is 25.2. The second kappa shape index (κ2) is 9.85. The fourth-order valence-corrected chi connectivity index (χ4v) is 3.00. The Morgan fingerprint density at radius 1 is 0.759 bits per heavy atom. The lowest BCUT2D eigenvalue weighted by atomic mass is 10.0. The van der Waals surface area contributed by atoms with Crippen molar-refractivity contribution >= 4 is 27.9 Å². The molecule has 2 atom stereocenters. The molecule has 0 saturated heterocycles. The van der Waals surface area contributed by atoms with Gasteiger partial charge in [-0.25, -0.2) is 9.59 Å². The van der Waals surface area contributed by atoms with Crippen molar-refractivity contribution in [2.45, 2.75) is 12.2 Å². The molecule has 0 spiro atoms. The molecule has 146 valence electrons. The van der Waals surface area contributed by atoms with Crippen molar-refractivity contribution in [3.05, 3.63) is 119 Å². The molecule has 0 fully saturated rings. The van der Waals surface area contributed by atoms with E-state index < -0.39 is 24.1 Å². The molecule has 0 aliphatic heterocycles. The number of benzene rings is 3. The average Bonchev–Trinajstić information content (AvgIpc) is 2.77. The molecule has 0 aliphatic rings. The fraction of sp³-hybridized carbons (Fsp3) is 0.0833. The highest BCUT2D eigenvalue weighted by molar-refractivity contribution is 9.10. The van der Waals surface area contributed by atoms with Gasteiger partial charge in [-0.1, -0.05) is 71.0 Å². The van der Waals surface area contributed by atoms with Crippen molar-refractivity contribution in [2.24, 2.45) is 0 Å². The van der Waals surface area contributed by atoms with Crippen LogP contribution in [0.15, 0.2) is 102 Å². The fourth-order valence-electron chi connectivity index (χ4n) is 2.73. The first-order valence-electron chi connectivity index (χ1n) is 8.98. The van der Waals surface area contributed by atoms with E-state index in [1.54, 1.807) is 60.7 Å². The zero-order valence-electron chi connectivity index (χ0n) is 15.5. The van der Waals surface area contributed by atoms with E-state index in [4.69, 9.17) is 9.47 Å². The maximum absolute atomic E-state index is 12.7. The first-order chi connectivity index (χ1) is 14.1. The molecular weight excluding hydrogens is 432 g/mol. The van der Waals surface area contributed by atoms with Crippen molar-refractivity contribution in [3.8, 4) is 0 Å². The van der Waals surface area contributed by atoms with Crippen LogP contribution in [0.4, 0.5) is 0 Å². The van der Waals surface area contributed by atoms with Crippen LogP contribution in [0.3, 0.4) is 0 Å². The summed E-state index contributed by atoms with van der Waals surface area (Å²) in [5, 5.41) is 0. The van der Waals surface area contributed by atoms with Gasteiger partial charge in [0.15, 0.2) is 12.2 Å². The first-order valence-corrected chi connectivity index (χ1v) is 9.78. The smallest absolute Gasteiger partial charge is 0.338 e. The number of carbonyl (C=O) groups excluding carboxylic acids is 2. The van der Waals surface area contributed by atoms with Gasteiger partial charge >= 0.3 is 11.9 Å².